The van der Waals surface area contributed by atoms with Crippen LogP contribution in [0.25, 0.3) is 11.1 Å². The van der Waals surface area contributed by atoms with Crippen LogP contribution in [0.15, 0.2) is 54.6 Å². The van der Waals surface area contributed by atoms with Crippen molar-refractivity contribution in [2.24, 2.45) is 0 Å². The van der Waals surface area contributed by atoms with Crippen LogP contribution < -0.4 is 14.8 Å². The third-order valence-corrected chi connectivity index (χ3v) is 6.03. The topological polar surface area (TPSA) is 54.0 Å². The maximum Gasteiger partial charge on any atom is 0.306 e. The lowest BCUT2D eigenvalue weighted by atomic mass is 9.94. The summed E-state index contributed by atoms with van der Waals surface area (Å²) >= 11 is 0. The van der Waals surface area contributed by atoms with Crippen LogP contribution in [-0.4, -0.2) is 26.5 Å². The van der Waals surface area contributed by atoms with Crippen LogP contribution in [0.3, 0.4) is 0 Å². The van der Waals surface area contributed by atoms with E-state index in [1.54, 1.807) is 7.11 Å². The zero-order valence-electron chi connectivity index (χ0n) is 25.1. The number of carbonyl (C=O) groups excluding carboxylic acids is 1. The van der Waals surface area contributed by atoms with E-state index in [1.165, 1.54) is 12.0 Å². The molecule has 0 amide bonds. The van der Waals surface area contributed by atoms with E-state index in [0.717, 1.165) is 44.6 Å². The molecule has 5 nitrogen and oxygen atoms in total. The fourth-order valence-electron chi connectivity index (χ4n) is 3.93. The molecule has 0 radical (unpaired) electrons. The molecule has 6 heteroatoms. The largest absolute Gasteiger partial charge is 0.489 e. The summed E-state index contributed by atoms with van der Waals surface area (Å²) in [4.78, 5) is 11.6. The van der Waals surface area contributed by atoms with Gasteiger partial charge in [0, 0.05) is 13.5 Å². The smallest absolute Gasteiger partial charge is 0.306 e. The SMILES string of the molecule is CC.CCC.CCOC(=O)CCc1ccc(OCc2cccc(-c3c(C)cc(OCOC)cc3C)c2)cc1P. The summed E-state index contributed by atoms with van der Waals surface area (Å²) in [6, 6.07) is 18.4. The standard InChI is InChI=1S/C28H33O5P.C3H8.C2H6/c1-5-31-27(29)12-10-22-9-11-24(16-26(22)34)32-17-21-7-6-8-23(15-21)28-19(2)13-25(14-20(28)3)33-18-30-4;1-3-2;1-2/h6-9,11,13-16H,5,10,12,17-18,34H2,1-4H3;3H2,1-2H3;1-2H3. The summed E-state index contributed by atoms with van der Waals surface area (Å²) < 4.78 is 21.7. The number of carbonyl (C=O) groups is 1. The zero-order valence-corrected chi connectivity index (χ0v) is 26.2. The summed E-state index contributed by atoms with van der Waals surface area (Å²) in [6.45, 7) is 15.4. The molecule has 0 fully saturated rings. The van der Waals surface area contributed by atoms with Crippen molar-refractivity contribution in [1.29, 1.82) is 0 Å². The predicted octanol–water partition coefficient (Wildman–Crippen LogP) is 7.97. The first-order valence-electron chi connectivity index (χ1n) is 13.8. The highest BCUT2D eigenvalue weighted by atomic mass is 31.0. The Bertz CT molecular complexity index is 1120. The van der Waals surface area contributed by atoms with Gasteiger partial charge in [-0.05, 0) is 96.2 Å². The molecule has 0 N–H and O–H groups in total. The number of aryl methyl sites for hydroxylation is 3. The van der Waals surface area contributed by atoms with E-state index < -0.39 is 0 Å². The van der Waals surface area contributed by atoms with E-state index in [1.807, 2.05) is 51.1 Å². The van der Waals surface area contributed by atoms with Crippen LogP contribution in [0.4, 0.5) is 0 Å². The Hall–Kier alpha value is -2.88. The number of methoxy groups -OCH3 is 1. The van der Waals surface area contributed by atoms with E-state index in [2.05, 4.69) is 61.2 Å². The maximum absolute atomic E-state index is 11.6. The molecule has 0 aliphatic carbocycles. The van der Waals surface area contributed by atoms with Crippen molar-refractivity contribution in [1.82, 2.24) is 0 Å². The maximum atomic E-state index is 11.6. The number of hydrogen-bond acceptors (Lipinski definition) is 5. The van der Waals surface area contributed by atoms with Gasteiger partial charge in [-0.2, -0.15) is 0 Å². The third-order valence-electron chi connectivity index (χ3n) is 5.49. The number of ether oxygens (including phenoxy) is 4. The second-order valence-corrected chi connectivity index (χ2v) is 9.47. The summed E-state index contributed by atoms with van der Waals surface area (Å²) in [7, 11) is 4.34. The number of benzene rings is 3. The van der Waals surface area contributed by atoms with E-state index in [4.69, 9.17) is 18.9 Å². The van der Waals surface area contributed by atoms with Crippen molar-refractivity contribution in [2.75, 3.05) is 20.5 Å². The van der Waals surface area contributed by atoms with Gasteiger partial charge in [0.15, 0.2) is 6.79 Å². The van der Waals surface area contributed by atoms with Crippen molar-refractivity contribution in [2.45, 2.75) is 74.3 Å². The van der Waals surface area contributed by atoms with Crippen LogP contribution >= 0.6 is 9.24 Å². The van der Waals surface area contributed by atoms with Crippen molar-refractivity contribution in [3.05, 3.63) is 76.9 Å². The molecule has 0 aliphatic heterocycles. The Kier molecular flexibility index (Phi) is 16.8. The average molecular weight is 555 g/mol. The first kappa shape index (κ1) is 34.1. The molecule has 1 unspecified atom stereocenters. The lowest BCUT2D eigenvalue weighted by Crippen LogP contribution is -2.09. The molecule has 0 bridgehead atoms. The van der Waals surface area contributed by atoms with Gasteiger partial charge < -0.3 is 18.9 Å². The van der Waals surface area contributed by atoms with Gasteiger partial charge in [-0.1, -0.05) is 58.4 Å². The average Bonchev–Trinajstić information content (AvgIpc) is 2.92. The summed E-state index contributed by atoms with van der Waals surface area (Å²) in [5, 5.41) is 1.03. The molecule has 3 aromatic rings. The van der Waals surface area contributed by atoms with Gasteiger partial charge in [0.05, 0.1) is 6.61 Å². The number of hydrogen-bond donors (Lipinski definition) is 0. The normalized spacial score (nSPS) is 9.97. The first-order chi connectivity index (χ1) is 18.8. The first-order valence-corrected chi connectivity index (χ1v) is 14.4. The van der Waals surface area contributed by atoms with Gasteiger partial charge in [-0.25, -0.2) is 0 Å². The van der Waals surface area contributed by atoms with Gasteiger partial charge in [0.1, 0.15) is 18.1 Å². The number of rotatable bonds is 11. The minimum Gasteiger partial charge on any atom is -0.489 e. The van der Waals surface area contributed by atoms with Gasteiger partial charge in [0.2, 0.25) is 0 Å². The minimum absolute atomic E-state index is 0.172. The zero-order chi connectivity index (χ0) is 29.2. The third kappa shape index (κ3) is 11.8. The fourth-order valence-corrected chi connectivity index (χ4v) is 4.34. The Labute approximate surface area is 238 Å². The molecule has 0 saturated heterocycles. The molecular formula is C33H47O5P. The Balaban J connectivity index is 0.00000142. The Morgan fingerprint density at radius 1 is 0.872 bits per heavy atom. The molecular weight excluding hydrogens is 507 g/mol. The second kappa shape index (κ2) is 19.2. The molecule has 0 spiro atoms. The quantitative estimate of drug-likeness (QED) is 0.137. The van der Waals surface area contributed by atoms with E-state index in [0.29, 0.717) is 26.1 Å². The molecule has 3 aromatic carbocycles. The van der Waals surface area contributed by atoms with Crippen molar-refractivity contribution in [3.8, 4) is 22.6 Å². The molecule has 0 saturated carbocycles. The molecule has 1 atom stereocenters. The van der Waals surface area contributed by atoms with Crippen molar-refractivity contribution in [3.63, 3.8) is 0 Å². The van der Waals surface area contributed by atoms with Crippen molar-refractivity contribution >= 4 is 20.5 Å². The second-order valence-electron chi connectivity index (χ2n) is 8.84. The van der Waals surface area contributed by atoms with Gasteiger partial charge in [-0.15, -0.1) is 9.24 Å². The monoisotopic (exact) mass is 554 g/mol. The summed E-state index contributed by atoms with van der Waals surface area (Å²) in [6.07, 6.45) is 2.27. The Morgan fingerprint density at radius 2 is 1.54 bits per heavy atom. The molecule has 214 valence electrons. The predicted molar refractivity (Wildman–Crippen MR) is 166 cm³/mol. The minimum atomic E-state index is -0.172. The molecule has 0 aromatic heterocycles. The lowest BCUT2D eigenvalue weighted by molar-refractivity contribution is -0.143. The van der Waals surface area contributed by atoms with E-state index in [-0.39, 0.29) is 12.8 Å². The molecule has 3 rings (SSSR count). The summed E-state index contributed by atoms with van der Waals surface area (Å²) in [5.41, 5.74) is 6.83. The molecule has 0 heterocycles. The van der Waals surface area contributed by atoms with Crippen LogP contribution in [0.2, 0.25) is 0 Å². The highest BCUT2D eigenvalue weighted by Crippen LogP contribution is 2.31. The van der Waals surface area contributed by atoms with Crippen molar-refractivity contribution < 1.29 is 23.7 Å². The summed E-state index contributed by atoms with van der Waals surface area (Å²) in [5.74, 6) is 1.43. The fraction of sp³-hybridized carbons (Fsp3) is 0.424. The Morgan fingerprint density at radius 3 is 2.13 bits per heavy atom. The van der Waals surface area contributed by atoms with Crippen LogP contribution in [0.1, 0.15) is 69.7 Å². The van der Waals surface area contributed by atoms with Crippen LogP contribution in [-0.2, 0) is 27.3 Å². The van der Waals surface area contributed by atoms with E-state index in [9.17, 15) is 4.79 Å². The lowest BCUT2D eigenvalue weighted by Gasteiger charge is -2.15. The van der Waals surface area contributed by atoms with E-state index >= 15 is 0 Å². The number of esters is 1. The molecule has 39 heavy (non-hydrogen) atoms. The van der Waals surface area contributed by atoms with Crippen LogP contribution in [0, 0.1) is 13.8 Å². The highest BCUT2D eigenvalue weighted by molar-refractivity contribution is 7.27. The highest BCUT2D eigenvalue weighted by Gasteiger charge is 2.10. The van der Waals surface area contributed by atoms with Gasteiger partial charge in [-0.3, -0.25) is 4.79 Å². The van der Waals surface area contributed by atoms with Gasteiger partial charge >= 0.3 is 5.97 Å². The van der Waals surface area contributed by atoms with Gasteiger partial charge in [0.25, 0.3) is 0 Å². The van der Waals surface area contributed by atoms with Crippen LogP contribution in [0.5, 0.6) is 11.5 Å². The molecule has 0 aliphatic rings.